The third-order valence-corrected chi connectivity index (χ3v) is 4.38. The summed E-state index contributed by atoms with van der Waals surface area (Å²) in [4.78, 5) is 31.7. The number of H-pyrrole nitrogens is 1. The van der Waals surface area contributed by atoms with Crippen LogP contribution in [0, 0.1) is 0 Å². The molecule has 4 aromatic rings. The van der Waals surface area contributed by atoms with E-state index in [1.54, 1.807) is 30.7 Å². The molecular weight excluding hydrogens is 358 g/mol. The van der Waals surface area contributed by atoms with Gasteiger partial charge in [-0.15, -0.1) is 0 Å². The Labute approximate surface area is 158 Å². The predicted molar refractivity (Wildman–Crippen MR) is 103 cm³/mol. The summed E-state index contributed by atoms with van der Waals surface area (Å²) in [5.41, 5.74) is 4.88. The van der Waals surface area contributed by atoms with Crippen LogP contribution in [0.1, 0.15) is 0 Å². The average Bonchev–Trinajstić information content (AvgIpc) is 3.09. The number of fused-ring (bicyclic) bond motifs is 5. The van der Waals surface area contributed by atoms with Crippen molar-refractivity contribution in [1.29, 1.82) is 0 Å². The molecule has 0 bridgehead atoms. The van der Waals surface area contributed by atoms with Crippen molar-refractivity contribution >= 4 is 23.4 Å². The molecule has 4 N–H and O–H groups in total. The van der Waals surface area contributed by atoms with Gasteiger partial charge < -0.3 is 15.4 Å². The Morgan fingerprint density at radius 2 is 2.00 bits per heavy atom. The van der Waals surface area contributed by atoms with E-state index < -0.39 is 6.09 Å². The van der Waals surface area contributed by atoms with Crippen molar-refractivity contribution in [2.45, 2.75) is 0 Å². The Balaban J connectivity index is 1.70. The van der Waals surface area contributed by atoms with Crippen LogP contribution in [0.5, 0.6) is 0 Å². The molecule has 28 heavy (non-hydrogen) atoms. The quantitative estimate of drug-likeness (QED) is 0.372. The Kier molecular flexibility index (Phi) is 3.51. The second-order valence-corrected chi connectivity index (χ2v) is 6.11. The van der Waals surface area contributed by atoms with Crippen LogP contribution in [0.15, 0.2) is 55.1 Å². The fraction of sp³-hybridized carbons (Fsp3) is 0. The van der Waals surface area contributed by atoms with E-state index in [0.29, 0.717) is 17.2 Å². The van der Waals surface area contributed by atoms with E-state index in [4.69, 9.17) is 10.1 Å². The molecule has 4 aromatic heterocycles. The molecule has 0 saturated carbocycles. The van der Waals surface area contributed by atoms with E-state index in [0.717, 1.165) is 28.2 Å². The molecule has 0 radical (unpaired) electrons. The molecular formula is C19H13N7O2. The molecule has 136 valence electrons. The largest absolute Gasteiger partial charge is 0.465 e. The van der Waals surface area contributed by atoms with E-state index in [2.05, 4.69) is 30.6 Å². The molecule has 0 spiro atoms. The zero-order chi connectivity index (χ0) is 19.1. The molecule has 1 amide bonds. The minimum absolute atomic E-state index is 0.227. The zero-order valence-corrected chi connectivity index (χ0v) is 14.3. The molecule has 1 aliphatic rings. The van der Waals surface area contributed by atoms with Crippen LogP contribution in [0.3, 0.4) is 0 Å². The number of aromatic nitrogens is 5. The molecule has 0 unspecified atom stereocenters. The van der Waals surface area contributed by atoms with Crippen LogP contribution >= 0.6 is 0 Å². The van der Waals surface area contributed by atoms with E-state index >= 15 is 0 Å². The molecule has 9 heteroatoms. The Bertz CT molecular complexity index is 1160. The van der Waals surface area contributed by atoms with Crippen LogP contribution in [-0.4, -0.2) is 36.1 Å². The number of nitrogens with zero attached hydrogens (tertiary/aromatic N) is 4. The Hall–Kier alpha value is -4.27. The van der Waals surface area contributed by atoms with Crippen LogP contribution in [0.2, 0.25) is 0 Å². The minimum atomic E-state index is -1.17. The number of hydrogen-bond donors (Lipinski definition) is 4. The van der Waals surface area contributed by atoms with Crippen molar-refractivity contribution < 1.29 is 9.90 Å². The van der Waals surface area contributed by atoms with Crippen LogP contribution in [-0.2, 0) is 0 Å². The number of amides is 1. The average molecular weight is 371 g/mol. The summed E-state index contributed by atoms with van der Waals surface area (Å²) in [6, 6.07) is 9.10. The maximum Gasteiger partial charge on any atom is 0.410 e. The van der Waals surface area contributed by atoms with Gasteiger partial charge in [0, 0.05) is 35.3 Å². The molecule has 0 aromatic carbocycles. The standard InChI is InChI=1S/C19H13N7O2/c27-19(28)24-14-8-10(3-7-21-14)17-25-15-11-4-6-20-9-13(11)23-18-12(16(15)26-17)2-1-5-22-18/h1-9H,(H,21,24)(H,22,23)(H,25,26)(H,27,28). The molecule has 5 heterocycles. The van der Waals surface area contributed by atoms with Crippen molar-refractivity contribution in [1.82, 2.24) is 24.9 Å². The normalized spacial score (nSPS) is 11.4. The number of pyridine rings is 3. The number of imidazole rings is 1. The van der Waals surface area contributed by atoms with Crippen molar-refractivity contribution in [3.05, 3.63) is 55.1 Å². The summed E-state index contributed by atoms with van der Waals surface area (Å²) in [6.07, 6.45) is 5.53. The number of hydrogen-bond acceptors (Lipinski definition) is 6. The van der Waals surface area contributed by atoms with Gasteiger partial charge in [0.25, 0.3) is 0 Å². The number of carbonyl (C=O) groups is 1. The minimum Gasteiger partial charge on any atom is -0.465 e. The summed E-state index contributed by atoms with van der Waals surface area (Å²) in [5, 5.41) is 14.5. The highest BCUT2D eigenvalue weighted by Crippen LogP contribution is 2.42. The zero-order valence-electron chi connectivity index (χ0n) is 14.3. The van der Waals surface area contributed by atoms with Crippen LogP contribution < -0.4 is 10.6 Å². The van der Waals surface area contributed by atoms with Crippen LogP contribution in [0.4, 0.5) is 22.1 Å². The van der Waals surface area contributed by atoms with Gasteiger partial charge in [-0.2, -0.15) is 0 Å². The SMILES string of the molecule is O=C(O)Nc1cc(-c2nc3c([nH]2)-c2ccncc2Nc2ncccc2-3)ccn1. The topological polar surface area (TPSA) is 129 Å². The van der Waals surface area contributed by atoms with Gasteiger partial charge in [-0.25, -0.2) is 19.7 Å². The first kappa shape index (κ1) is 15.9. The van der Waals surface area contributed by atoms with E-state index in [9.17, 15) is 4.79 Å². The molecule has 0 aliphatic carbocycles. The lowest BCUT2D eigenvalue weighted by atomic mass is 10.1. The number of nitrogens with one attached hydrogen (secondary N) is 3. The maximum absolute atomic E-state index is 10.9. The van der Waals surface area contributed by atoms with Crippen molar-refractivity contribution in [2.75, 3.05) is 10.6 Å². The molecule has 5 rings (SSSR count). The maximum atomic E-state index is 10.9. The van der Waals surface area contributed by atoms with Gasteiger partial charge in [0.2, 0.25) is 0 Å². The molecule has 0 fully saturated rings. The lowest BCUT2D eigenvalue weighted by Gasteiger charge is -2.08. The Morgan fingerprint density at radius 3 is 2.89 bits per heavy atom. The van der Waals surface area contributed by atoms with Gasteiger partial charge in [0.1, 0.15) is 23.2 Å². The molecule has 0 saturated heterocycles. The smallest absolute Gasteiger partial charge is 0.410 e. The van der Waals surface area contributed by atoms with E-state index in [1.807, 2.05) is 18.2 Å². The number of anilines is 3. The fourth-order valence-electron chi connectivity index (χ4n) is 3.19. The highest BCUT2D eigenvalue weighted by Gasteiger charge is 2.24. The molecule has 9 nitrogen and oxygen atoms in total. The van der Waals surface area contributed by atoms with E-state index in [-0.39, 0.29) is 5.82 Å². The van der Waals surface area contributed by atoms with Gasteiger partial charge in [-0.05, 0) is 30.3 Å². The third-order valence-electron chi connectivity index (χ3n) is 4.38. The third kappa shape index (κ3) is 2.62. The number of rotatable bonds is 2. The van der Waals surface area contributed by atoms with Gasteiger partial charge in [-0.3, -0.25) is 10.3 Å². The lowest BCUT2D eigenvalue weighted by molar-refractivity contribution is 0.209. The van der Waals surface area contributed by atoms with Gasteiger partial charge in [0.05, 0.1) is 17.6 Å². The van der Waals surface area contributed by atoms with Crippen molar-refractivity contribution in [3.8, 4) is 33.9 Å². The monoisotopic (exact) mass is 371 g/mol. The second-order valence-electron chi connectivity index (χ2n) is 6.11. The van der Waals surface area contributed by atoms with Gasteiger partial charge in [-0.1, -0.05) is 0 Å². The fourth-order valence-corrected chi connectivity index (χ4v) is 3.19. The lowest BCUT2D eigenvalue weighted by Crippen LogP contribution is -2.08. The van der Waals surface area contributed by atoms with Crippen molar-refractivity contribution in [3.63, 3.8) is 0 Å². The highest BCUT2D eigenvalue weighted by atomic mass is 16.4. The van der Waals surface area contributed by atoms with E-state index in [1.165, 1.54) is 6.20 Å². The summed E-state index contributed by atoms with van der Waals surface area (Å²) in [5.74, 6) is 1.52. The summed E-state index contributed by atoms with van der Waals surface area (Å²) >= 11 is 0. The van der Waals surface area contributed by atoms with Crippen molar-refractivity contribution in [2.24, 2.45) is 0 Å². The first-order valence-electron chi connectivity index (χ1n) is 8.42. The number of carboxylic acid groups (broad SMARTS) is 1. The predicted octanol–water partition coefficient (Wildman–Crippen LogP) is 3.74. The highest BCUT2D eigenvalue weighted by molar-refractivity contribution is 5.95. The summed E-state index contributed by atoms with van der Waals surface area (Å²) < 4.78 is 0. The first-order chi connectivity index (χ1) is 13.7. The number of aromatic amines is 1. The second kappa shape index (κ2) is 6.16. The molecule has 1 aliphatic heterocycles. The van der Waals surface area contributed by atoms with Gasteiger partial charge >= 0.3 is 6.09 Å². The first-order valence-corrected chi connectivity index (χ1v) is 8.42. The Morgan fingerprint density at radius 1 is 1.07 bits per heavy atom. The summed E-state index contributed by atoms with van der Waals surface area (Å²) in [7, 11) is 0. The van der Waals surface area contributed by atoms with Gasteiger partial charge in [0.15, 0.2) is 0 Å². The summed E-state index contributed by atoms with van der Waals surface area (Å²) in [6.45, 7) is 0. The van der Waals surface area contributed by atoms with Crippen LogP contribution in [0.25, 0.3) is 33.9 Å². The molecule has 0 atom stereocenters.